The predicted octanol–water partition coefficient (Wildman–Crippen LogP) is 4.55. The van der Waals surface area contributed by atoms with Gasteiger partial charge in [-0.2, -0.15) is 23.3 Å². The number of aryl methyl sites for hydroxylation is 1. The SMILES string of the molecule is Cc1ccc(CNc2cnnc(Nc3ccc(C(F)(F)F)cc3)n2)cc1. The van der Waals surface area contributed by atoms with Gasteiger partial charge < -0.3 is 10.6 Å². The second-order valence-electron chi connectivity index (χ2n) is 5.70. The Morgan fingerprint density at radius 2 is 1.65 bits per heavy atom. The first-order valence-electron chi connectivity index (χ1n) is 7.83. The number of anilines is 3. The molecule has 8 heteroatoms. The van der Waals surface area contributed by atoms with Crippen molar-refractivity contribution >= 4 is 17.5 Å². The molecule has 5 nitrogen and oxygen atoms in total. The summed E-state index contributed by atoms with van der Waals surface area (Å²) in [7, 11) is 0. The molecule has 3 aromatic rings. The Bertz CT molecular complexity index is 861. The number of halogens is 3. The smallest absolute Gasteiger partial charge is 0.365 e. The lowest BCUT2D eigenvalue weighted by Gasteiger charge is -2.09. The Labute approximate surface area is 148 Å². The van der Waals surface area contributed by atoms with E-state index in [2.05, 4.69) is 25.8 Å². The fourth-order valence-electron chi connectivity index (χ4n) is 2.21. The molecule has 134 valence electrons. The highest BCUT2D eigenvalue weighted by Crippen LogP contribution is 2.30. The zero-order chi connectivity index (χ0) is 18.6. The molecular weight excluding hydrogens is 343 g/mol. The summed E-state index contributed by atoms with van der Waals surface area (Å²) in [6, 6.07) is 12.7. The molecular formula is C18H16F3N5. The number of hydrogen-bond acceptors (Lipinski definition) is 5. The molecule has 0 saturated carbocycles. The average molecular weight is 359 g/mol. The van der Waals surface area contributed by atoms with E-state index in [0.29, 0.717) is 18.1 Å². The van der Waals surface area contributed by atoms with Crippen molar-refractivity contribution < 1.29 is 13.2 Å². The molecule has 26 heavy (non-hydrogen) atoms. The fourth-order valence-corrected chi connectivity index (χ4v) is 2.21. The van der Waals surface area contributed by atoms with Crippen LogP contribution in [0.2, 0.25) is 0 Å². The predicted molar refractivity (Wildman–Crippen MR) is 93.1 cm³/mol. The van der Waals surface area contributed by atoms with Crippen LogP contribution in [0.15, 0.2) is 54.7 Å². The molecule has 0 amide bonds. The number of nitrogens with one attached hydrogen (secondary N) is 2. The quantitative estimate of drug-likeness (QED) is 0.699. The average Bonchev–Trinajstić information content (AvgIpc) is 2.61. The molecule has 0 bridgehead atoms. The van der Waals surface area contributed by atoms with Crippen LogP contribution < -0.4 is 10.6 Å². The van der Waals surface area contributed by atoms with Crippen molar-refractivity contribution in [1.82, 2.24) is 15.2 Å². The minimum Gasteiger partial charge on any atom is -0.365 e. The van der Waals surface area contributed by atoms with Gasteiger partial charge in [0.15, 0.2) is 5.82 Å². The summed E-state index contributed by atoms with van der Waals surface area (Å²) in [6.07, 6.45) is -2.89. The zero-order valence-electron chi connectivity index (χ0n) is 13.9. The van der Waals surface area contributed by atoms with E-state index in [1.54, 1.807) is 0 Å². The molecule has 0 radical (unpaired) electrons. The van der Waals surface area contributed by atoms with Crippen LogP contribution in [0.1, 0.15) is 16.7 Å². The van der Waals surface area contributed by atoms with E-state index in [1.165, 1.54) is 23.9 Å². The molecule has 0 aliphatic rings. The highest BCUT2D eigenvalue weighted by molar-refractivity contribution is 5.54. The summed E-state index contributed by atoms with van der Waals surface area (Å²) in [4.78, 5) is 4.25. The molecule has 0 unspecified atom stereocenters. The van der Waals surface area contributed by atoms with Crippen LogP contribution in [-0.2, 0) is 12.7 Å². The van der Waals surface area contributed by atoms with Gasteiger partial charge in [-0.15, -0.1) is 5.10 Å². The molecule has 1 aromatic heterocycles. The summed E-state index contributed by atoms with van der Waals surface area (Å²) in [6.45, 7) is 2.59. The van der Waals surface area contributed by atoms with Crippen LogP contribution in [0.5, 0.6) is 0 Å². The molecule has 2 aromatic carbocycles. The van der Waals surface area contributed by atoms with Crippen molar-refractivity contribution in [2.24, 2.45) is 0 Å². The zero-order valence-corrected chi connectivity index (χ0v) is 13.9. The summed E-state index contributed by atoms with van der Waals surface area (Å²) >= 11 is 0. The van der Waals surface area contributed by atoms with Crippen molar-refractivity contribution in [2.45, 2.75) is 19.6 Å². The van der Waals surface area contributed by atoms with E-state index in [4.69, 9.17) is 0 Å². The van der Waals surface area contributed by atoms with Crippen molar-refractivity contribution in [2.75, 3.05) is 10.6 Å². The van der Waals surface area contributed by atoms with Crippen LogP contribution in [0.25, 0.3) is 0 Å². The Morgan fingerprint density at radius 1 is 0.962 bits per heavy atom. The maximum absolute atomic E-state index is 12.6. The molecule has 0 spiro atoms. The van der Waals surface area contributed by atoms with Crippen LogP contribution in [-0.4, -0.2) is 15.2 Å². The third-order valence-electron chi connectivity index (χ3n) is 3.62. The maximum atomic E-state index is 12.6. The highest BCUT2D eigenvalue weighted by Gasteiger charge is 2.29. The van der Waals surface area contributed by atoms with E-state index in [9.17, 15) is 13.2 Å². The van der Waals surface area contributed by atoms with Gasteiger partial charge in [0.1, 0.15) is 0 Å². The van der Waals surface area contributed by atoms with Gasteiger partial charge >= 0.3 is 6.18 Å². The molecule has 2 N–H and O–H groups in total. The van der Waals surface area contributed by atoms with Gasteiger partial charge in [-0.25, -0.2) is 0 Å². The first kappa shape index (κ1) is 17.7. The van der Waals surface area contributed by atoms with E-state index < -0.39 is 11.7 Å². The highest BCUT2D eigenvalue weighted by atomic mass is 19.4. The number of aromatic nitrogens is 3. The van der Waals surface area contributed by atoms with Crippen LogP contribution in [0.4, 0.5) is 30.6 Å². The van der Waals surface area contributed by atoms with E-state index in [0.717, 1.165) is 17.7 Å². The largest absolute Gasteiger partial charge is 0.416 e. The normalized spacial score (nSPS) is 11.2. The number of benzene rings is 2. The summed E-state index contributed by atoms with van der Waals surface area (Å²) < 4.78 is 37.7. The minimum atomic E-state index is -4.36. The van der Waals surface area contributed by atoms with Crippen LogP contribution in [0.3, 0.4) is 0 Å². The van der Waals surface area contributed by atoms with Crippen LogP contribution >= 0.6 is 0 Å². The summed E-state index contributed by atoms with van der Waals surface area (Å²) in [5.74, 6) is 0.702. The lowest BCUT2D eigenvalue weighted by molar-refractivity contribution is -0.137. The van der Waals surface area contributed by atoms with Crippen molar-refractivity contribution in [3.8, 4) is 0 Å². The van der Waals surface area contributed by atoms with Gasteiger partial charge in [-0.1, -0.05) is 29.8 Å². The molecule has 0 atom stereocenters. The van der Waals surface area contributed by atoms with Crippen molar-refractivity contribution in [3.63, 3.8) is 0 Å². The third-order valence-corrected chi connectivity index (χ3v) is 3.62. The summed E-state index contributed by atoms with van der Waals surface area (Å²) in [5.41, 5.74) is 2.00. The molecule has 0 saturated heterocycles. The maximum Gasteiger partial charge on any atom is 0.416 e. The van der Waals surface area contributed by atoms with Gasteiger partial charge in [0, 0.05) is 12.2 Å². The van der Waals surface area contributed by atoms with Gasteiger partial charge in [-0.05, 0) is 36.8 Å². The van der Waals surface area contributed by atoms with E-state index in [1.807, 2.05) is 31.2 Å². The Balaban J connectivity index is 1.64. The second-order valence-corrected chi connectivity index (χ2v) is 5.70. The van der Waals surface area contributed by atoms with Gasteiger partial charge in [0.2, 0.25) is 5.95 Å². The van der Waals surface area contributed by atoms with Gasteiger partial charge in [0.25, 0.3) is 0 Å². The molecule has 0 aliphatic carbocycles. The standard InChI is InChI=1S/C18H16F3N5/c1-12-2-4-13(5-3-12)10-22-16-11-23-26-17(25-16)24-15-8-6-14(7-9-15)18(19,20)21/h2-9,11H,10H2,1H3,(H2,22,24,25,26). The van der Waals surface area contributed by atoms with Crippen molar-refractivity contribution in [1.29, 1.82) is 0 Å². The Morgan fingerprint density at radius 3 is 2.31 bits per heavy atom. The third kappa shape index (κ3) is 4.69. The lowest BCUT2D eigenvalue weighted by atomic mass is 10.1. The molecule has 3 rings (SSSR count). The fraction of sp³-hybridized carbons (Fsp3) is 0.167. The first-order valence-corrected chi connectivity index (χ1v) is 7.83. The number of alkyl halides is 3. The van der Waals surface area contributed by atoms with Crippen LogP contribution in [0, 0.1) is 6.92 Å². The monoisotopic (exact) mass is 359 g/mol. The Kier molecular flexibility index (Phi) is 5.01. The van der Waals surface area contributed by atoms with E-state index in [-0.39, 0.29) is 5.95 Å². The summed E-state index contributed by atoms with van der Waals surface area (Å²) in [5, 5.41) is 13.7. The first-order chi connectivity index (χ1) is 12.4. The van der Waals surface area contributed by atoms with Gasteiger partial charge in [0.05, 0.1) is 11.8 Å². The van der Waals surface area contributed by atoms with Gasteiger partial charge in [-0.3, -0.25) is 0 Å². The molecule has 0 aliphatic heterocycles. The molecule has 0 fully saturated rings. The molecule has 1 heterocycles. The Hall–Kier alpha value is -3.16. The lowest BCUT2D eigenvalue weighted by Crippen LogP contribution is -2.06. The van der Waals surface area contributed by atoms with E-state index >= 15 is 0 Å². The topological polar surface area (TPSA) is 62.7 Å². The number of nitrogens with zero attached hydrogens (tertiary/aromatic N) is 3. The van der Waals surface area contributed by atoms with Crippen molar-refractivity contribution in [3.05, 3.63) is 71.4 Å². The second kappa shape index (κ2) is 7.38. The minimum absolute atomic E-state index is 0.193. The number of rotatable bonds is 5. The number of hydrogen-bond donors (Lipinski definition) is 2.